The third-order valence-corrected chi connectivity index (χ3v) is 17.1. The van der Waals surface area contributed by atoms with Crippen molar-refractivity contribution in [2.45, 2.75) is 253 Å². The molecule has 2 amide bonds. The molecule has 0 aromatic heterocycles. The molecule has 7 saturated heterocycles. The lowest BCUT2D eigenvalue weighted by molar-refractivity contribution is -0.390. The van der Waals surface area contributed by atoms with E-state index in [1.54, 1.807) is 0 Å². The molecule has 39 atom stereocenters. The number of carbonyl (C=O) groups excluding carboxylic acids is 2. The fourth-order valence-electron chi connectivity index (χ4n) is 11.7. The van der Waals surface area contributed by atoms with E-state index >= 15 is 0 Å². The zero-order valence-corrected chi connectivity index (χ0v) is 50.6. The fraction of sp³-hybridized carbons (Fsp3) is 0.962. The summed E-state index contributed by atoms with van der Waals surface area (Å²) in [5.41, 5.74) is 0. The van der Waals surface area contributed by atoms with Gasteiger partial charge in [0, 0.05) is 13.8 Å². The highest BCUT2D eigenvalue weighted by molar-refractivity contribution is 5.73. The second-order valence-corrected chi connectivity index (χ2v) is 23.7. The number of hydrogen-bond donors (Lipinski definition) is 27. The van der Waals surface area contributed by atoms with Gasteiger partial charge in [-0.1, -0.05) is 0 Å². The third-order valence-electron chi connectivity index (χ3n) is 17.1. The van der Waals surface area contributed by atoms with Crippen LogP contribution in [0, 0.1) is 0 Å². The van der Waals surface area contributed by atoms with Crippen LogP contribution in [0.4, 0.5) is 0 Å². The first-order valence-corrected chi connectivity index (χ1v) is 30.1. The van der Waals surface area contributed by atoms with Crippen molar-refractivity contribution in [1.82, 2.24) is 10.6 Å². The summed E-state index contributed by atoms with van der Waals surface area (Å²) < 4.78 is 80.8. The molecular weight excluding hydrogens is 1310 g/mol. The summed E-state index contributed by atoms with van der Waals surface area (Å²) >= 11 is 0. The van der Waals surface area contributed by atoms with Crippen molar-refractivity contribution in [3.63, 3.8) is 0 Å². The molecule has 0 aliphatic carbocycles. The summed E-state index contributed by atoms with van der Waals surface area (Å²) in [5, 5.41) is 274. The van der Waals surface area contributed by atoms with Gasteiger partial charge in [0.05, 0.1) is 59.5 Å². The predicted molar refractivity (Wildman–Crippen MR) is 290 cm³/mol. The SMILES string of the molecule is CC(=O)N[C@H]1[C@H](OC[C@H]2O[C@@H](O[C@H]3[C@@H](O)[C@@H](CO[C@@H]4O[C@H](CO)[C@@H](O[C@@H]5O[C@H](CO)[C@H](O)[C@H](O)[C@H]5O)[C@H](O)[C@H]4NC(C)=O)O[C@@H](O[C@@H]([C@H](O)[C@@H](O)CO)[C@H](O)CO)[C@@H]3O)[C@H](O)[C@@H](O[C@@H]3O[C@H](CO)[C@H](O)[C@H](O)[C@H]3O)[C@H]2O)O[C@H](CO)[C@@H](O[C@@H]2O[C@H](CO)[C@H](O)[C@H](O)[C@H]2O)[C@@H]1O. The van der Waals surface area contributed by atoms with Gasteiger partial charge >= 0.3 is 0 Å². The van der Waals surface area contributed by atoms with E-state index in [-0.39, 0.29) is 0 Å². The molecule has 0 aromatic rings. The number of aliphatic hydroxyl groups excluding tert-OH is 25. The molecule has 0 spiro atoms. The number of rotatable bonds is 28. The molecule has 0 radical (unpaired) electrons. The lowest BCUT2D eigenvalue weighted by Gasteiger charge is -2.49. The minimum absolute atomic E-state index is 0.881. The van der Waals surface area contributed by atoms with Crippen LogP contribution in [0.15, 0.2) is 0 Å². The van der Waals surface area contributed by atoms with E-state index in [2.05, 4.69) is 10.6 Å². The van der Waals surface area contributed by atoms with E-state index in [0.717, 1.165) is 13.8 Å². The maximum atomic E-state index is 12.7. The van der Waals surface area contributed by atoms with E-state index in [0.29, 0.717) is 0 Å². The van der Waals surface area contributed by atoms with E-state index < -0.39 is 311 Å². The zero-order valence-electron chi connectivity index (χ0n) is 50.6. The topological polar surface area (TPSA) is 693 Å². The number of amides is 2. The average molecular weight is 1400 g/mol. The van der Waals surface area contributed by atoms with Crippen LogP contribution in [0.25, 0.3) is 0 Å². The summed E-state index contributed by atoms with van der Waals surface area (Å²) in [6, 6.07) is -3.57. The molecule has 7 aliphatic heterocycles. The van der Waals surface area contributed by atoms with Gasteiger partial charge in [-0.3, -0.25) is 9.59 Å². The van der Waals surface area contributed by atoms with Crippen molar-refractivity contribution < 1.29 is 204 Å². The van der Waals surface area contributed by atoms with Gasteiger partial charge in [-0.05, 0) is 0 Å². The van der Waals surface area contributed by atoms with Crippen molar-refractivity contribution >= 4 is 11.8 Å². The average Bonchev–Trinajstić information content (AvgIpc) is 0.785. The summed E-state index contributed by atoms with van der Waals surface area (Å²) in [5.74, 6) is -1.77. The second kappa shape index (κ2) is 35.3. The van der Waals surface area contributed by atoms with Crippen molar-refractivity contribution in [3.8, 4) is 0 Å². The molecule has 95 heavy (non-hydrogen) atoms. The molecular formula is C52H90N2O41. The first kappa shape index (κ1) is 79.7. The van der Waals surface area contributed by atoms with Crippen molar-refractivity contribution in [3.05, 3.63) is 0 Å². The predicted octanol–water partition coefficient (Wildman–Crippen LogP) is -18.5. The van der Waals surface area contributed by atoms with Crippen LogP contribution in [0.5, 0.6) is 0 Å². The van der Waals surface area contributed by atoms with Crippen LogP contribution in [0.1, 0.15) is 13.8 Å². The lowest BCUT2D eigenvalue weighted by atomic mass is 9.95. The molecule has 0 saturated carbocycles. The van der Waals surface area contributed by atoms with Crippen LogP contribution in [0.2, 0.25) is 0 Å². The number of ether oxygens (including phenoxy) is 14. The molecule has 7 rings (SSSR count). The number of aliphatic hydroxyl groups is 25. The van der Waals surface area contributed by atoms with Gasteiger partial charge in [-0.25, -0.2) is 0 Å². The highest BCUT2D eigenvalue weighted by atomic mass is 16.8. The smallest absolute Gasteiger partial charge is 0.217 e. The molecule has 27 N–H and O–H groups in total. The Labute approximate surface area is 537 Å². The number of hydrogen-bond acceptors (Lipinski definition) is 41. The quantitative estimate of drug-likeness (QED) is 0.0346. The van der Waals surface area contributed by atoms with Gasteiger partial charge in [0.1, 0.15) is 195 Å². The maximum absolute atomic E-state index is 12.7. The fourth-order valence-corrected chi connectivity index (χ4v) is 11.7. The molecule has 7 fully saturated rings. The van der Waals surface area contributed by atoms with E-state index in [9.17, 15) is 137 Å². The van der Waals surface area contributed by atoms with Gasteiger partial charge in [0.15, 0.2) is 44.0 Å². The van der Waals surface area contributed by atoms with Crippen LogP contribution < -0.4 is 10.6 Å². The summed E-state index contributed by atoms with van der Waals surface area (Å²) in [4.78, 5) is 25.3. The molecule has 43 heteroatoms. The standard InChI is InChI=1S/C52H90N2O41/c1-12(62)53-23-31(72)42(92-48-36(77)33(74)26(67)16(5-57)84-48)19(8-60)87-46(23)82-10-21-30(71)45(39(80)51(89-21)91-41(15(65)4-56)25(66)14(64)3-55)95-52-40(81)44(94-50-38(79)35(76)28(69)18(7-59)86-50)29(70)22(90-52)11-83-47-24(54-13(2)63)32(73)43(20(9-61)88-47)93-49-37(78)34(75)27(68)17(6-58)85-49/h14-52,55-61,64-81H,3-11H2,1-2H3,(H,53,62)(H,54,63)/t14-,15+,16+,17+,18+,19+,20+,21+,22+,23+,24+,25+,26-,27-,28-,29-,30-,31+,32+,33-,34-,35-,36+,37+,38+,39+,40+,41+,42+,43+,44-,45-,46+,47+,48-,49-,50-,51-,52-/m0/s1. The molecule has 43 nitrogen and oxygen atoms in total. The number of carbonyl (C=O) groups is 2. The van der Waals surface area contributed by atoms with Gasteiger partial charge in [0.25, 0.3) is 0 Å². The Morgan fingerprint density at radius 2 is 0.632 bits per heavy atom. The van der Waals surface area contributed by atoms with Gasteiger partial charge in [0.2, 0.25) is 11.8 Å². The monoisotopic (exact) mass is 1400 g/mol. The summed E-state index contributed by atoms with van der Waals surface area (Å²) in [6.07, 6.45) is -76.4. The minimum Gasteiger partial charge on any atom is -0.394 e. The van der Waals surface area contributed by atoms with E-state index in [1.807, 2.05) is 0 Å². The summed E-state index contributed by atoms with van der Waals surface area (Å²) in [6.45, 7) is -7.65. The normalized spacial score (nSPS) is 47.3. The van der Waals surface area contributed by atoms with Crippen molar-refractivity contribution in [1.29, 1.82) is 0 Å². The van der Waals surface area contributed by atoms with E-state index in [4.69, 9.17) is 66.3 Å². The zero-order chi connectivity index (χ0) is 70.3. The Morgan fingerprint density at radius 1 is 0.337 bits per heavy atom. The first-order chi connectivity index (χ1) is 44.9. The van der Waals surface area contributed by atoms with Crippen molar-refractivity contribution in [2.75, 3.05) is 59.5 Å². The van der Waals surface area contributed by atoms with Crippen LogP contribution in [-0.2, 0) is 75.9 Å². The minimum atomic E-state index is -2.52. The Morgan fingerprint density at radius 3 is 0.958 bits per heavy atom. The highest BCUT2D eigenvalue weighted by Gasteiger charge is 2.58. The largest absolute Gasteiger partial charge is 0.394 e. The molecule has 7 aliphatic rings. The van der Waals surface area contributed by atoms with E-state index in [1.165, 1.54) is 0 Å². The molecule has 554 valence electrons. The Balaban J connectivity index is 1.20. The van der Waals surface area contributed by atoms with Gasteiger partial charge < -0.3 is 205 Å². The molecule has 0 unspecified atom stereocenters. The Bertz CT molecular complexity index is 2330. The third kappa shape index (κ3) is 18.0. The molecule has 0 aromatic carbocycles. The maximum Gasteiger partial charge on any atom is 0.217 e. The molecule has 0 bridgehead atoms. The van der Waals surface area contributed by atoms with Crippen LogP contribution in [-0.4, -0.2) is 438 Å². The van der Waals surface area contributed by atoms with Crippen LogP contribution in [0.3, 0.4) is 0 Å². The Kier molecular flexibility index (Phi) is 29.6. The van der Waals surface area contributed by atoms with Crippen LogP contribution >= 0.6 is 0 Å². The molecule has 7 heterocycles. The van der Waals surface area contributed by atoms with Gasteiger partial charge in [-0.15, -0.1) is 0 Å². The first-order valence-electron chi connectivity index (χ1n) is 30.1. The summed E-state index contributed by atoms with van der Waals surface area (Å²) in [7, 11) is 0. The lowest BCUT2D eigenvalue weighted by Crippen LogP contribution is -2.69. The van der Waals surface area contributed by atoms with Crippen molar-refractivity contribution in [2.24, 2.45) is 0 Å². The second-order valence-electron chi connectivity index (χ2n) is 23.7. The van der Waals surface area contributed by atoms with Gasteiger partial charge in [-0.2, -0.15) is 0 Å². The Hall–Kier alpha value is -2.62. The highest BCUT2D eigenvalue weighted by Crippen LogP contribution is 2.37. The number of nitrogens with one attached hydrogen (secondary N) is 2.